The maximum Gasteiger partial charge on any atom is 0.472 e. The molecule has 0 amide bonds. The summed E-state index contributed by atoms with van der Waals surface area (Å²) < 4.78 is 68.6. The molecule has 3 unspecified atom stereocenters. The summed E-state index contributed by atoms with van der Waals surface area (Å²) in [7, 11) is -9.92. The molecule has 0 saturated heterocycles. The van der Waals surface area contributed by atoms with E-state index in [1.165, 1.54) is 199 Å². The van der Waals surface area contributed by atoms with Crippen molar-refractivity contribution in [3.05, 3.63) is 0 Å². The number of phosphoric ester groups is 2. The average molecular weight is 1420 g/mol. The van der Waals surface area contributed by atoms with Crippen molar-refractivity contribution in [2.24, 2.45) is 23.7 Å². The number of rotatable bonds is 75. The smallest absolute Gasteiger partial charge is 0.462 e. The van der Waals surface area contributed by atoms with E-state index in [0.29, 0.717) is 25.7 Å². The molecule has 0 aliphatic rings. The summed E-state index contributed by atoms with van der Waals surface area (Å²) in [5, 5.41) is 10.6. The van der Waals surface area contributed by atoms with E-state index in [1.807, 2.05) is 0 Å². The van der Waals surface area contributed by atoms with Crippen LogP contribution >= 0.6 is 15.6 Å². The fraction of sp³-hybridized carbons (Fsp3) is 0.949. The van der Waals surface area contributed by atoms with Crippen LogP contribution in [0.3, 0.4) is 0 Å². The summed E-state index contributed by atoms with van der Waals surface area (Å²) in [4.78, 5) is 72.9. The molecule has 0 aliphatic carbocycles. The third kappa shape index (κ3) is 72.2. The standard InChI is InChI=1S/C78H152O17P2/c1-68(2)54-46-38-30-22-17-13-10-9-11-15-20-26-36-44-52-60-77(82)94-73(64-88-75(80)58-50-42-34-25-19-16-12-14-18-23-31-39-47-55-69(3)4)66-92-96(84,85)90-62-72(79)63-91-97(86,87)93-67-74(65-89-76(81)59-51-43-35-29-28-33-41-49-57-71(7)8)95-78(83)61-53-45-37-27-21-24-32-40-48-56-70(5)6/h68-74,79H,9-67H2,1-8H3,(H,84,85)(H,86,87)/t72?,73-,74-/m1/s1. The van der Waals surface area contributed by atoms with E-state index < -0.39 is 97.5 Å². The number of phosphoric acid groups is 2. The summed E-state index contributed by atoms with van der Waals surface area (Å²) in [5.41, 5.74) is 0. The average Bonchev–Trinajstić information content (AvgIpc) is 1.31. The molecule has 3 N–H and O–H groups in total. The first kappa shape index (κ1) is 95.1. The van der Waals surface area contributed by atoms with Crippen molar-refractivity contribution >= 4 is 39.5 Å². The lowest BCUT2D eigenvalue weighted by molar-refractivity contribution is -0.161. The fourth-order valence-corrected chi connectivity index (χ4v) is 13.5. The van der Waals surface area contributed by atoms with Gasteiger partial charge in [0, 0.05) is 25.7 Å². The predicted octanol–water partition coefficient (Wildman–Crippen LogP) is 22.8. The van der Waals surface area contributed by atoms with Crippen LogP contribution in [0.15, 0.2) is 0 Å². The van der Waals surface area contributed by atoms with Crippen molar-refractivity contribution < 1.29 is 80.2 Å². The highest BCUT2D eigenvalue weighted by molar-refractivity contribution is 7.47. The Morgan fingerprint density at radius 1 is 0.258 bits per heavy atom. The van der Waals surface area contributed by atoms with Gasteiger partial charge in [-0.2, -0.15) is 0 Å². The molecule has 0 aliphatic heterocycles. The van der Waals surface area contributed by atoms with Crippen LogP contribution in [-0.4, -0.2) is 96.7 Å². The lowest BCUT2D eigenvalue weighted by atomic mass is 10.0. The molecule has 0 heterocycles. The van der Waals surface area contributed by atoms with Crippen molar-refractivity contribution in [3.63, 3.8) is 0 Å². The van der Waals surface area contributed by atoms with Crippen LogP contribution in [0.4, 0.5) is 0 Å². The Bertz CT molecular complexity index is 1900. The molecule has 0 aromatic heterocycles. The van der Waals surface area contributed by atoms with Crippen molar-refractivity contribution in [1.82, 2.24) is 0 Å². The third-order valence-corrected chi connectivity index (χ3v) is 20.0. The number of esters is 4. The molecule has 0 fully saturated rings. The number of unbranched alkanes of at least 4 members (excludes halogenated alkanes) is 41. The van der Waals surface area contributed by atoms with E-state index in [0.717, 1.165) is 114 Å². The van der Waals surface area contributed by atoms with Crippen LogP contribution in [-0.2, 0) is 65.4 Å². The Balaban J connectivity index is 5.25. The Labute approximate surface area is 594 Å². The van der Waals surface area contributed by atoms with E-state index >= 15 is 0 Å². The SMILES string of the molecule is CC(C)CCCCCCCCCCCCCCCCCC(=O)O[C@H](COC(=O)CCCCCCCCCCCCCCCC(C)C)COP(=O)(O)OCC(O)COP(=O)(O)OC[C@@H](COC(=O)CCCCCCCCCCC(C)C)OC(=O)CCCCCCCCCCCC(C)C. The van der Waals surface area contributed by atoms with Gasteiger partial charge < -0.3 is 33.8 Å². The molecule has 0 aromatic rings. The second-order valence-electron chi connectivity index (χ2n) is 30.0. The van der Waals surface area contributed by atoms with Crippen LogP contribution in [0.1, 0.15) is 396 Å². The van der Waals surface area contributed by atoms with Gasteiger partial charge in [-0.25, -0.2) is 9.13 Å². The number of aliphatic hydroxyl groups is 1. The van der Waals surface area contributed by atoms with Crippen LogP contribution in [0.25, 0.3) is 0 Å². The van der Waals surface area contributed by atoms with Gasteiger partial charge in [0.15, 0.2) is 12.2 Å². The molecular formula is C78H152O17P2. The van der Waals surface area contributed by atoms with E-state index in [-0.39, 0.29) is 25.7 Å². The maximum atomic E-state index is 13.1. The van der Waals surface area contributed by atoms with Gasteiger partial charge in [-0.1, -0.05) is 344 Å². The minimum atomic E-state index is -4.96. The molecule has 97 heavy (non-hydrogen) atoms. The summed E-state index contributed by atoms with van der Waals surface area (Å²) in [5.74, 6) is 0.938. The minimum Gasteiger partial charge on any atom is -0.462 e. The van der Waals surface area contributed by atoms with Gasteiger partial charge in [-0.15, -0.1) is 0 Å². The van der Waals surface area contributed by atoms with E-state index in [2.05, 4.69) is 55.4 Å². The summed E-state index contributed by atoms with van der Waals surface area (Å²) in [6.45, 7) is 14.2. The Morgan fingerprint density at radius 2 is 0.433 bits per heavy atom. The number of carbonyl (C=O) groups excluding carboxylic acids is 4. The quantitative estimate of drug-likeness (QED) is 0.0222. The summed E-state index contributed by atoms with van der Waals surface area (Å²) in [6.07, 6.45) is 52.8. The predicted molar refractivity (Wildman–Crippen MR) is 395 cm³/mol. The minimum absolute atomic E-state index is 0.104. The molecule has 0 saturated carbocycles. The number of aliphatic hydroxyl groups excluding tert-OH is 1. The highest BCUT2D eigenvalue weighted by atomic mass is 31.2. The number of hydrogen-bond donors (Lipinski definition) is 3. The Morgan fingerprint density at radius 3 is 0.639 bits per heavy atom. The van der Waals surface area contributed by atoms with Gasteiger partial charge in [0.2, 0.25) is 0 Å². The van der Waals surface area contributed by atoms with Crippen LogP contribution < -0.4 is 0 Å². The fourth-order valence-electron chi connectivity index (χ4n) is 11.9. The zero-order chi connectivity index (χ0) is 71.7. The van der Waals surface area contributed by atoms with Crippen molar-refractivity contribution in [3.8, 4) is 0 Å². The monoisotopic (exact) mass is 1420 g/mol. The largest absolute Gasteiger partial charge is 0.472 e. The van der Waals surface area contributed by atoms with Crippen LogP contribution in [0.5, 0.6) is 0 Å². The first-order chi connectivity index (χ1) is 46.6. The van der Waals surface area contributed by atoms with Crippen molar-refractivity contribution in [2.75, 3.05) is 39.6 Å². The zero-order valence-corrected chi connectivity index (χ0v) is 65.5. The summed E-state index contributed by atoms with van der Waals surface area (Å²) >= 11 is 0. The lowest BCUT2D eigenvalue weighted by Gasteiger charge is -2.21. The van der Waals surface area contributed by atoms with Crippen LogP contribution in [0.2, 0.25) is 0 Å². The highest BCUT2D eigenvalue weighted by Crippen LogP contribution is 2.45. The Hall–Kier alpha value is -1.94. The highest BCUT2D eigenvalue weighted by Gasteiger charge is 2.30. The number of carbonyl (C=O) groups is 4. The van der Waals surface area contributed by atoms with Crippen LogP contribution in [0, 0.1) is 23.7 Å². The second-order valence-corrected chi connectivity index (χ2v) is 32.9. The van der Waals surface area contributed by atoms with Gasteiger partial charge in [0.05, 0.1) is 26.4 Å². The lowest BCUT2D eigenvalue weighted by Crippen LogP contribution is -2.30. The van der Waals surface area contributed by atoms with Crippen molar-refractivity contribution in [1.29, 1.82) is 0 Å². The first-order valence-corrected chi connectivity index (χ1v) is 43.2. The molecule has 0 rings (SSSR count). The first-order valence-electron chi connectivity index (χ1n) is 40.2. The maximum absolute atomic E-state index is 13.1. The molecule has 0 aromatic carbocycles. The zero-order valence-electron chi connectivity index (χ0n) is 63.7. The number of hydrogen-bond acceptors (Lipinski definition) is 15. The molecule has 5 atom stereocenters. The molecule has 17 nitrogen and oxygen atoms in total. The number of ether oxygens (including phenoxy) is 4. The van der Waals surface area contributed by atoms with Gasteiger partial charge in [0.25, 0.3) is 0 Å². The molecular weight excluding hydrogens is 1270 g/mol. The van der Waals surface area contributed by atoms with Gasteiger partial charge >= 0.3 is 39.5 Å². The second kappa shape index (κ2) is 67.2. The topological polar surface area (TPSA) is 237 Å². The molecule has 576 valence electrons. The third-order valence-electron chi connectivity index (χ3n) is 18.1. The summed E-state index contributed by atoms with van der Waals surface area (Å²) in [6, 6.07) is 0. The van der Waals surface area contributed by atoms with E-state index in [1.54, 1.807) is 0 Å². The van der Waals surface area contributed by atoms with E-state index in [4.69, 9.17) is 37.0 Å². The van der Waals surface area contributed by atoms with Gasteiger partial charge in [-0.3, -0.25) is 37.3 Å². The van der Waals surface area contributed by atoms with Gasteiger partial charge in [0.1, 0.15) is 19.3 Å². The molecule has 0 spiro atoms. The van der Waals surface area contributed by atoms with Crippen molar-refractivity contribution in [2.45, 2.75) is 414 Å². The molecule has 19 heteroatoms. The Kier molecular flexibility index (Phi) is 65.9. The molecule has 0 bridgehead atoms. The normalized spacial score (nSPS) is 14.1. The van der Waals surface area contributed by atoms with E-state index in [9.17, 15) is 43.2 Å². The molecule has 0 radical (unpaired) electrons. The van der Waals surface area contributed by atoms with Gasteiger partial charge in [-0.05, 0) is 49.4 Å².